The van der Waals surface area contributed by atoms with Gasteiger partial charge in [0.15, 0.2) is 22.6 Å². The van der Waals surface area contributed by atoms with Crippen LogP contribution < -0.4 is 0 Å². The van der Waals surface area contributed by atoms with E-state index in [9.17, 15) is 42.2 Å². The van der Waals surface area contributed by atoms with Crippen molar-refractivity contribution in [3.05, 3.63) is 137 Å². The molecule has 5 aromatic carbocycles. The van der Waals surface area contributed by atoms with Crippen LogP contribution in [-0.4, -0.2) is 19.3 Å². The van der Waals surface area contributed by atoms with Gasteiger partial charge in [0.1, 0.15) is 5.82 Å². The first-order valence-electron chi connectivity index (χ1n) is 14.0. The van der Waals surface area contributed by atoms with Crippen LogP contribution in [-0.2, 0) is 11.0 Å². The fraction of sp³-hybridized carbons (Fsp3) is 0.0278. The molecule has 0 aliphatic rings. The zero-order valence-electron chi connectivity index (χ0n) is 24.2. The van der Waals surface area contributed by atoms with Gasteiger partial charge in [-0.3, -0.25) is 3.97 Å². The molecule has 1 N–H and O–H groups in total. The summed E-state index contributed by atoms with van der Waals surface area (Å²) in [5, 5.41) is 29.5. The van der Waals surface area contributed by atoms with Crippen molar-refractivity contribution in [2.75, 3.05) is 0 Å². The van der Waals surface area contributed by atoms with Gasteiger partial charge in [-0.1, -0.05) is 42.5 Å². The average Bonchev–Trinajstić information content (AvgIpc) is 3.42. The second-order valence-electron chi connectivity index (χ2n) is 10.4. The largest absolute Gasteiger partial charge is 0.478 e. The van der Waals surface area contributed by atoms with Crippen LogP contribution in [0.15, 0.2) is 102 Å². The Balaban J connectivity index is 1.73. The standard InChI is InChI=1S/C36H18F5N3O3S/c37-24-9-14-29-28(16-24)31(30-22(17-42)5-2-6-23(30)18-43)34(44(29)48(47)25-10-7-19(8-11-25)35(40)41)21-4-1-3-20(15-21)26-12-13-27(36(45)46)33(39)32(26)38/h1-16,35H,(H,45,46). The molecular formula is C36H18F5N3O3S. The smallest absolute Gasteiger partial charge is 0.338 e. The van der Waals surface area contributed by atoms with Crippen molar-refractivity contribution >= 4 is 27.9 Å². The lowest BCUT2D eigenvalue weighted by Crippen LogP contribution is -2.08. The Kier molecular flexibility index (Phi) is 8.36. The van der Waals surface area contributed by atoms with E-state index in [-0.39, 0.29) is 66.0 Å². The summed E-state index contributed by atoms with van der Waals surface area (Å²) in [6, 6.07) is 24.6. The van der Waals surface area contributed by atoms with Crippen molar-refractivity contribution in [1.29, 1.82) is 10.5 Å². The van der Waals surface area contributed by atoms with Gasteiger partial charge in [0, 0.05) is 33.2 Å². The Morgan fingerprint density at radius 3 is 2.04 bits per heavy atom. The molecule has 1 aromatic heterocycles. The predicted octanol–water partition coefficient (Wildman–Crippen LogP) is 9.01. The van der Waals surface area contributed by atoms with E-state index in [0.717, 1.165) is 36.4 Å². The second-order valence-corrected chi connectivity index (χ2v) is 11.8. The first-order chi connectivity index (χ1) is 23.0. The van der Waals surface area contributed by atoms with Gasteiger partial charge < -0.3 is 5.11 Å². The lowest BCUT2D eigenvalue weighted by molar-refractivity contribution is 0.0690. The van der Waals surface area contributed by atoms with Crippen molar-refractivity contribution in [3.63, 3.8) is 0 Å². The first kappa shape index (κ1) is 31.9. The minimum atomic E-state index is -2.78. The number of nitrogens with zero attached hydrogens (tertiary/aromatic N) is 3. The lowest BCUT2D eigenvalue weighted by atomic mass is 9.90. The molecule has 12 heteroatoms. The Bertz CT molecular complexity index is 2360. The molecular weight excluding hydrogens is 649 g/mol. The number of halogens is 5. The SMILES string of the molecule is N#Cc1cccc(C#N)c1-c1c(-c2cccc(-c3ccc(C(=O)O)c(F)c3F)c2)n(S(=O)c2ccc(C(F)F)cc2)c2ccc(F)cc12. The van der Waals surface area contributed by atoms with Gasteiger partial charge in [0.05, 0.1) is 44.9 Å². The molecule has 48 heavy (non-hydrogen) atoms. The molecule has 0 spiro atoms. The molecule has 1 atom stereocenters. The quantitative estimate of drug-likeness (QED) is 0.171. The summed E-state index contributed by atoms with van der Waals surface area (Å²) >= 11 is 0. The minimum absolute atomic E-state index is 0.0270. The van der Waals surface area contributed by atoms with Crippen molar-refractivity contribution < 1.29 is 36.1 Å². The van der Waals surface area contributed by atoms with Gasteiger partial charge >= 0.3 is 5.97 Å². The van der Waals surface area contributed by atoms with Gasteiger partial charge in [-0.25, -0.2) is 31.0 Å². The van der Waals surface area contributed by atoms with Crippen LogP contribution in [0.2, 0.25) is 0 Å². The van der Waals surface area contributed by atoms with Gasteiger partial charge in [-0.05, 0) is 60.2 Å². The highest BCUT2D eigenvalue weighted by atomic mass is 32.2. The maximum atomic E-state index is 15.3. The number of carboxylic acids is 1. The number of aromatic nitrogens is 1. The molecule has 0 aliphatic carbocycles. The summed E-state index contributed by atoms with van der Waals surface area (Å²) in [6.07, 6.45) is -2.78. The van der Waals surface area contributed by atoms with Crippen LogP contribution in [0.3, 0.4) is 0 Å². The number of fused-ring (bicyclic) bond motifs is 1. The Labute approximate surface area is 271 Å². The number of aromatic carboxylic acids is 1. The molecule has 6 rings (SSSR count). The minimum Gasteiger partial charge on any atom is -0.478 e. The second kappa shape index (κ2) is 12.6. The fourth-order valence-electron chi connectivity index (χ4n) is 5.54. The maximum Gasteiger partial charge on any atom is 0.338 e. The molecule has 0 aliphatic heterocycles. The van der Waals surface area contributed by atoms with Crippen LogP contribution in [0, 0.1) is 40.1 Å². The van der Waals surface area contributed by atoms with E-state index in [1.165, 1.54) is 64.6 Å². The van der Waals surface area contributed by atoms with Crippen molar-refractivity contribution in [1.82, 2.24) is 3.97 Å². The van der Waals surface area contributed by atoms with E-state index in [2.05, 4.69) is 0 Å². The Morgan fingerprint density at radius 2 is 1.42 bits per heavy atom. The zero-order valence-corrected chi connectivity index (χ0v) is 25.0. The molecule has 6 nitrogen and oxygen atoms in total. The molecule has 6 aromatic rings. The number of benzene rings is 5. The highest BCUT2D eigenvalue weighted by Crippen LogP contribution is 2.45. The number of hydrogen-bond donors (Lipinski definition) is 1. The molecule has 0 amide bonds. The van der Waals surface area contributed by atoms with Gasteiger partial charge in [0.2, 0.25) is 0 Å². The number of rotatable bonds is 7. The van der Waals surface area contributed by atoms with E-state index < -0.39 is 46.4 Å². The predicted molar refractivity (Wildman–Crippen MR) is 168 cm³/mol. The van der Waals surface area contributed by atoms with E-state index in [0.29, 0.717) is 0 Å². The van der Waals surface area contributed by atoms with Crippen molar-refractivity contribution in [2.45, 2.75) is 11.3 Å². The van der Waals surface area contributed by atoms with E-state index in [1.807, 2.05) is 12.1 Å². The molecule has 0 fully saturated rings. The van der Waals surface area contributed by atoms with E-state index in [4.69, 9.17) is 0 Å². The van der Waals surface area contributed by atoms with Crippen LogP contribution >= 0.6 is 0 Å². The third-order valence-corrected chi connectivity index (χ3v) is 9.09. The zero-order chi connectivity index (χ0) is 34.3. The molecule has 1 heterocycles. The third kappa shape index (κ3) is 5.38. The number of hydrogen-bond acceptors (Lipinski definition) is 4. The first-order valence-corrected chi connectivity index (χ1v) is 15.1. The monoisotopic (exact) mass is 667 g/mol. The van der Waals surface area contributed by atoms with Gasteiger partial charge in [-0.2, -0.15) is 10.5 Å². The molecule has 0 saturated heterocycles. The van der Waals surface area contributed by atoms with Crippen LogP contribution in [0.5, 0.6) is 0 Å². The van der Waals surface area contributed by atoms with Crippen LogP contribution in [0.1, 0.15) is 33.5 Å². The molecule has 0 bridgehead atoms. The van der Waals surface area contributed by atoms with Crippen molar-refractivity contribution in [2.24, 2.45) is 0 Å². The normalized spacial score (nSPS) is 11.8. The van der Waals surface area contributed by atoms with Crippen LogP contribution in [0.25, 0.3) is 44.4 Å². The third-order valence-electron chi connectivity index (χ3n) is 7.70. The number of nitriles is 2. The Hall–Kier alpha value is -6.11. The van der Waals surface area contributed by atoms with E-state index in [1.54, 1.807) is 0 Å². The molecule has 0 saturated carbocycles. The summed E-state index contributed by atoms with van der Waals surface area (Å²) in [6.45, 7) is 0. The summed E-state index contributed by atoms with van der Waals surface area (Å²) in [5.74, 6) is -5.37. The highest BCUT2D eigenvalue weighted by molar-refractivity contribution is 7.83. The summed E-state index contributed by atoms with van der Waals surface area (Å²) in [5.41, 5.74) is -0.668. The number of alkyl halides is 2. The molecule has 236 valence electrons. The summed E-state index contributed by atoms with van der Waals surface area (Å²) in [7, 11) is -2.21. The summed E-state index contributed by atoms with van der Waals surface area (Å²) < 4.78 is 87.3. The lowest BCUT2D eigenvalue weighted by Gasteiger charge is -2.15. The van der Waals surface area contributed by atoms with Gasteiger partial charge in [0.25, 0.3) is 6.43 Å². The summed E-state index contributed by atoms with van der Waals surface area (Å²) in [4.78, 5) is 11.4. The number of carbonyl (C=O) groups is 1. The number of carboxylic acid groups (broad SMARTS) is 1. The molecule has 0 radical (unpaired) electrons. The highest BCUT2D eigenvalue weighted by Gasteiger charge is 2.28. The van der Waals surface area contributed by atoms with Crippen molar-refractivity contribution in [3.8, 4) is 45.6 Å². The van der Waals surface area contributed by atoms with Crippen LogP contribution in [0.4, 0.5) is 22.0 Å². The maximum absolute atomic E-state index is 15.3. The average molecular weight is 668 g/mol. The Morgan fingerprint density at radius 1 is 0.771 bits per heavy atom. The fourth-order valence-corrected chi connectivity index (χ4v) is 6.82. The van der Waals surface area contributed by atoms with E-state index >= 15 is 4.39 Å². The molecule has 1 unspecified atom stereocenters. The van der Waals surface area contributed by atoms with Gasteiger partial charge in [-0.15, -0.1) is 0 Å². The topological polar surface area (TPSA) is 107 Å².